The van der Waals surface area contributed by atoms with E-state index >= 15 is 0 Å². The Morgan fingerprint density at radius 3 is 2.83 bits per heavy atom. The largest absolute Gasteiger partial charge is 0.493 e. The predicted molar refractivity (Wildman–Crippen MR) is 89.6 cm³/mol. The van der Waals surface area contributed by atoms with Gasteiger partial charge in [0.2, 0.25) is 10.0 Å². The fourth-order valence-corrected chi connectivity index (χ4v) is 5.59. The van der Waals surface area contributed by atoms with Gasteiger partial charge < -0.3 is 14.8 Å². The van der Waals surface area contributed by atoms with Crippen molar-refractivity contribution in [1.29, 1.82) is 0 Å². The average Bonchev–Trinajstić information content (AvgIpc) is 3.21. The summed E-state index contributed by atoms with van der Waals surface area (Å²) in [5, 5.41) is 3.41. The maximum Gasteiger partial charge on any atom is 0.240 e. The monoisotopic (exact) mass is 352 g/mol. The predicted octanol–water partition coefficient (Wildman–Crippen LogP) is 0.913. The van der Waals surface area contributed by atoms with Gasteiger partial charge >= 0.3 is 0 Å². The number of hydrogen-bond donors (Lipinski definition) is 2. The lowest BCUT2D eigenvalue weighted by molar-refractivity contribution is 0.0194. The van der Waals surface area contributed by atoms with Crippen LogP contribution >= 0.6 is 0 Å². The van der Waals surface area contributed by atoms with Gasteiger partial charge in [-0.2, -0.15) is 0 Å². The van der Waals surface area contributed by atoms with Crippen LogP contribution in [-0.4, -0.2) is 47.4 Å². The van der Waals surface area contributed by atoms with E-state index in [1.165, 1.54) is 0 Å². The Morgan fingerprint density at radius 2 is 2.04 bits per heavy atom. The highest BCUT2D eigenvalue weighted by Crippen LogP contribution is 2.35. The molecule has 0 radical (unpaired) electrons. The number of ether oxygens (including phenoxy) is 2. The van der Waals surface area contributed by atoms with Crippen LogP contribution < -0.4 is 14.8 Å². The summed E-state index contributed by atoms with van der Waals surface area (Å²) in [5.74, 6) is 1.91. The second-order valence-electron chi connectivity index (χ2n) is 7.02. The second-order valence-corrected chi connectivity index (χ2v) is 8.73. The third-order valence-corrected chi connectivity index (χ3v) is 7.09. The van der Waals surface area contributed by atoms with E-state index in [2.05, 4.69) is 10.0 Å². The van der Waals surface area contributed by atoms with Crippen LogP contribution in [0.3, 0.4) is 0 Å². The average molecular weight is 352 g/mol. The Morgan fingerprint density at radius 1 is 1.25 bits per heavy atom. The van der Waals surface area contributed by atoms with Crippen LogP contribution in [-0.2, 0) is 21.2 Å². The molecule has 24 heavy (non-hydrogen) atoms. The summed E-state index contributed by atoms with van der Waals surface area (Å²) in [4.78, 5) is 0.313. The first-order chi connectivity index (χ1) is 11.6. The fraction of sp³-hybridized carbons (Fsp3) is 0.647. The summed E-state index contributed by atoms with van der Waals surface area (Å²) >= 11 is 0. The van der Waals surface area contributed by atoms with Gasteiger partial charge in [-0.25, -0.2) is 13.1 Å². The molecule has 1 aliphatic carbocycles. The molecule has 0 spiro atoms. The molecule has 2 N–H and O–H groups in total. The van der Waals surface area contributed by atoms with Crippen molar-refractivity contribution >= 4 is 10.0 Å². The first-order valence-electron chi connectivity index (χ1n) is 8.58. The van der Waals surface area contributed by atoms with E-state index in [-0.39, 0.29) is 12.1 Å². The van der Waals surface area contributed by atoms with E-state index in [4.69, 9.17) is 9.47 Å². The highest BCUT2D eigenvalue weighted by atomic mass is 32.2. The molecule has 6 nitrogen and oxygen atoms in total. The molecule has 4 rings (SSSR count). The molecule has 2 heterocycles. The quantitative estimate of drug-likeness (QED) is 0.842. The van der Waals surface area contributed by atoms with E-state index in [1.807, 2.05) is 0 Å². The molecule has 1 saturated carbocycles. The molecule has 1 saturated heterocycles. The summed E-state index contributed by atoms with van der Waals surface area (Å²) in [7, 11) is -1.89. The van der Waals surface area contributed by atoms with Gasteiger partial charge in [0, 0.05) is 19.6 Å². The minimum Gasteiger partial charge on any atom is -0.493 e. The van der Waals surface area contributed by atoms with Gasteiger partial charge in [0.1, 0.15) is 5.75 Å². The standard InChI is InChI=1S/C17H24N2O4S/c1-22-17-8-13-10-18-9-12(13)7-15(17)19-24(20,21)14-2-3-16-11(6-14)4-5-23-16/h2-3,6,12-13,15,17-19H,4-5,7-10H2,1H3/t12-,13+,15-,17-/m0/s1. The summed E-state index contributed by atoms with van der Waals surface area (Å²) in [5.41, 5.74) is 0.963. The van der Waals surface area contributed by atoms with Crippen LogP contribution in [0.2, 0.25) is 0 Å². The smallest absolute Gasteiger partial charge is 0.240 e. The van der Waals surface area contributed by atoms with E-state index in [9.17, 15) is 8.42 Å². The van der Waals surface area contributed by atoms with Crippen molar-refractivity contribution in [1.82, 2.24) is 10.0 Å². The van der Waals surface area contributed by atoms with Crippen LogP contribution in [0.15, 0.2) is 23.1 Å². The number of hydrogen-bond acceptors (Lipinski definition) is 5. The van der Waals surface area contributed by atoms with Crippen LogP contribution in [0, 0.1) is 11.8 Å². The molecule has 1 aromatic carbocycles. The zero-order valence-corrected chi connectivity index (χ0v) is 14.6. The molecule has 0 aromatic heterocycles. The molecule has 0 bridgehead atoms. The topological polar surface area (TPSA) is 76.7 Å². The summed E-state index contributed by atoms with van der Waals surface area (Å²) in [6.45, 7) is 2.60. The summed E-state index contributed by atoms with van der Waals surface area (Å²) in [6, 6.07) is 4.93. The first kappa shape index (κ1) is 16.3. The molecule has 0 amide bonds. The molecule has 1 aromatic rings. The normalized spacial score (nSPS) is 32.2. The van der Waals surface area contributed by atoms with E-state index in [1.54, 1.807) is 25.3 Å². The molecule has 2 fully saturated rings. The SMILES string of the molecule is CO[C@H]1C[C@@H]2CNC[C@@H]2C[C@@H]1NS(=O)(=O)c1ccc2c(c1)CCO2. The zero-order chi connectivity index (χ0) is 16.7. The van der Waals surface area contributed by atoms with Gasteiger partial charge in [0.25, 0.3) is 0 Å². The van der Waals surface area contributed by atoms with Gasteiger partial charge in [-0.05, 0) is 61.5 Å². The van der Waals surface area contributed by atoms with Crippen molar-refractivity contribution in [3.8, 4) is 5.75 Å². The van der Waals surface area contributed by atoms with E-state index < -0.39 is 10.0 Å². The van der Waals surface area contributed by atoms with Crippen molar-refractivity contribution in [2.24, 2.45) is 11.8 Å². The number of sulfonamides is 1. The number of benzene rings is 1. The summed E-state index contributed by atoms with van der Waals surface area (Å²) in [6.07, 6.45) is 2.42. The van der Waals surface area contributed by atoms with Crippen LogP contribution in [0.4, 0.5) is 0 Å². The summed E-state index contributed by atoms with van der Waals surface area (Å²) < 4.78 is 39.6. The van der Waals surface area contributed by atoms with Gasteiger partial charge in [0.15, 0.2) is 0 Å². The van der Waals surface area contributed by atoms with Crippen molar-refractivity contribution < 1.29 is 17.9 Å². The van der Waals surface area contributed by atoms with E-state index in [0.29, 0.717) is 23.3 Å². The van der Waals surface area contributed by atoms with Crippen LogP contribution in [0.25, 0.3) is 0 Å². The highest BCUT2D eigenvalue weighted by molar-refractivity contribution is 7.89. The Labute approximate surface area is 143 Å². The number of methoxy groups -OCH3 is 1. The number of nitrogens with one attached hydrogen (secondary N) is 2. The minimum atomic E-state index is -3.56. The van der Waals surface area contributed by atoms with E-state index in [0.717, 1.165) is 43.7 Å². The Balaban J connectivity index is 1.54. The molecule has 2 aliphatic heterocycles. The lowest BCUT2D eigenvalue weighted by Gasteiger charge is -2.37. The van der Waals surface area contributed by atoms with Crippen molar-refractivity contribution in [3.05, 3.63) is 23.8 Å². The van der Waals surface area contributed by atoms with Gasteiger partial charge in [-0.15, -0.1) is 0 Å². The van der Waals surface area contributed by atoms with Gasteiger partial charge in [0.05, 0.1) is 17.6 Å². The highest BCUT2D eigenvalue weighted by Gasteiger charge is 2.41. The third kappa shape index (κ3) is 2.94. The fourth-order valence-electron chi connectivity index (χ4n) is 4.26. The van der Waals surface area contributed by atoms with Crippen molar-refractivity contribution in [3.63, 3.8) is 0 Å². The molecular weight excluding hydrogens is 328 g/mol. The van der Waals surface area contributed by atoms with Crippen molar-refractivity contribution in [2.75, 3.05) is 26.8 Å². The van der Waals surface area contributed by atoms with Crippen molar-refractivity contribution in [2.45, 2.75) is 36.3 Å². The molecule has 3 aliphatic rings. The van der Waals surface area contributed by atoms with Crippen LogP contribution in [0.5, 0.6) is 5.75 Å². The molecule has 4 atom stereocenters. The lowest BCUT2D eigenvalue weighted by atomic mass is 9.78. The maximum atomic E-state index is 12.8. The van der Waals surface area contributed by atoms with Gasteiger partial charge in [-0.1, -0.05) is 0 Å². The number of rotatable bonds is 4. The molecular formula is C17H24N2O4S. The molecule has 0 unspecified atom stereocenters. The first-order valence-corrected chi connectivity index (χ1v) is 10.1. The lowest BCUT2D eigenvalue weighted by Crippen LogP contribution is -2.50. The molecule has 7 heteroatoms. The van der Waals surface area contributed by atoms with Crippen LogP contribution in [0.1, 0.15) is 18.4 Å². The Kier molecular flexibility index (Phi) is 4.28. The number of fused-ring (bicyclic) bond motifs is 2. The Hall–Kier alpha value is -1.15. The minimum absolute atomic E-state index is 0.0707. The maximum absolute atomic E-state index is 12.8. The Bertz CT molecular complexity index is 721. The van der Waals surface area contributed by atoms with Gasteiger partial charge in [-0.3, -0.25) is 0 Å². The third-order valence-electron chi connectivity index (χ3n) is 5.60. The second kappa shape index (κ2) is 6.29. The zero-order valence-electron chi connectivity index (χ0n) is 13.8. The molecule has 132 valence electrons.